The predicted molar refractivity (Wildman–Crippen MR) is 116 cm³/mol. The number of para-hydroxylation sites is 1. The van der Waals surface area contributed by atoms with Crippen molar-refractivity contribution in [1.82, 2.24) is 0 Å². The molecule has 0 atom stereocenters. The second-order valence-electron chi connectivity index (χ2n) is 6.78. The number of hydrogen-bond donors (Lipinski definition) is 0. The predicted octanol–water partition coefficient (Wildman–Crippen LogP) is 4.31. The number of hydrogen-bond acceptors (Lipinski definition) is 4. The fourth-order valence-electron chi connectivity index (χ4n) is 3.37. The second-order valence-corrected chi connectivity index (χ2v) is 6.78. The number of hydrazone groups is 1. The molecule has 0 aliphatic carbocycles. The van der Waals surface area contributed by atoms with E-state index in [1.54, 1.807) is 85.8 Å². The summed E-state index contributed by atoms with van der Waals surface area (Å²) in [5.74, 6) is -1.84. The van der Waals surface area contributed by atoms with E-state index in [0.717, 1.165) is 0 Å². The van der Waals surface area contributed by atoms with Crippen molar-refractivity contribution in [3.8, 4) is 0 Å². The van der Waals surface area contributed by atoms with E-state index in [-0.39, 0.29) is 16.7 Å². The molecule has 30 heavy (non-hydrogen) atoms. The third-order valence-electron chi connectivity index (χ3n) is 4.80. The SMILES string of the molecule is CC1=NN(c2ccccc2)C(=O)/C1=C(\C(=O)C(=O)c1ccccc1)c1ccccc1. The van der Waals surface area contributed by atoms with Crippen LogP contribution in [0.15, 0.2) is 102 Å². The van der Waals surface area contributed by atoms with Gasteiger partial charge in [0.05, 0.1) is 17.0 Å². The van der Waals surface area contributed by atoms with E-state index in [2.05, 4.69) is 5.10 Å². The molecule has 0 saturated heterocycles. The standard InChI is InChI=1S/C25H18N2O3/c1-17-21(25(30)27(26-17)20-15-9-4-10-16-20)22(18-11-5-2-6-12-18)24(29)23(28)19-13-7-3-8-14-19/h2-16H,1H3/b22-21-. The maximum atomic E-state index is 13.3. The zero-order valence-corrected chi connectivity index (χ0v) is 16.3. The summed E-state index contributed by atoms with van der Waals surface area (Å²) in [5.41, 5.74) is 1.95. The molecule has 0 aromatic heterocycles. The lowest BCUT2D eigenvalue weighted by Crippen LogP contribution is -2.25. The van der Waals surface area contributed by atoms with E-state index in [9.17, 15) is 14.4 Å². The summed E-state index contributed by atoms with van der Waals surface area (Å²) in [4.78, 5) is 39.5. The number of amides is 1. The average Bonchev–Trinajstić information content (AvgIpc) is 3.09. The molecule has 0 spiro atoms. The highest BCUT2D eigenvalue weighted by Crippen LogP contribution is 2.30. The van der Waals surface area contributed by atoms with Crippen LogP contribution in [0.1, 0.15) is 22.8 Å². The van der Waals surface area contributed by atoms with Crippen molar-refractivity contribution in [2.24, 2.45) is 5.10 Å². The maximum absolute atomic E-state index is 13.3. The molecule has 0 radical (unpaired) electrons. The Hall–Kier alpha value is -4.12. The summed E-state index contributed by atoms with van der Waals surface area (Å²) in [6.07, 6.45) is 0. The lowest BCUT2D eigenvalue weighted by Gasteiger charge is -2.13. The molecule has 146 valence electrons. The minimum absolute atomic E-state index is 0.0640. The lowest BCUT2D eigenvalue weighted by atomic mass is 9.90. The molecule has 0 bridgehead atoms. The van der Waals surface area contributed by atoms with E-state index < -0.39 is 17.5 Å². The normalized spacial score (nSPS) is 15.0. The Balaban J connectivity index is 1.85. The molecule has 1 amide bonds. The molecular formula is C25H18N2O3. The quantitative estimate of drug-likeness (QED) is 0.368. The van der Waals surface area contributed by atoms with Crippen molar-refractivity contribution in [2.75, 3.05) is 5.01 Å². The molecule has 5 heteroatoms. The molecule has 0 fully saturated rings. The van der Waals surface area contributed by atoms with Crippen LogP contribution in [-0.4, -0.2) is 23.2 Å². The number of nitrogens with zero attached hydrogens (tertiary/aromatic N) is 2. The van der Waals surface area contributed by atoms with Crippen molar-refractivity contribution >= 4 is 34.4 Å². The van der Waals surface area contributed by atoms with E-state index in [0.29, 0.717) is 17.0 Å². The number of rotatable bonds is 5. The van der Waals surface area contributed by atoms with E-state index >= 15 is 0 Å². The average molecular weight is 394 g/mol. The first-order valence-corrected chi connectivity index (χ1v) is 9.47. The molecule has 0 saturated carbocycles. The Bertz CT molecular complexity index is 1180. The third kappa shape index (κ3) is 3.49. The minimum atomic E-state index is -0.736. The largest absolute Gasteiger partial charge is 0.285 e. The Morgan fingerprint density at radius 2 is 1.23 bits per heavy atom. The highest BCUT2D eigenvalue weighted by molar-refractivity contribution is 6.61. The van der Waals surface area contributed by atoms with Gasteiger partial charge in [-0.3, -0.25) is 14.4 Å². The van der Waals surface area contributed by atoms with Crippen LogP contribution in [0.2, 0.25) is 0 Å². The van der Waals surface area contributed by atoms with Gasteiger partial charge >= 0.3 is 0 Å². The van der Waals surface area contributed by atoms with Crippen molar-refractivity contribution in [3.63, 3.8) is 0 Å². The molecular weight excluding hydrogens is 376 g/mol. The zero-order chi connectivity index (χ0) is 21.1. The highest BCUT2D eigenvalue weighted by Gasteiger charge is 2.36. The van der Waals surface area contributed by atoms with Crippen molar-refractivity contribution in [1.29, 1.82) is 0 Å². The topological polar surface area (TPSA) is 66.8 Å². The van der Waals surface area contributed by atoms with Crippen LogP contribution in [0.5, 0.6) is 0 Å². The van der Waals surface area contributed by atoms with Gasteiger partial charge in [0.15, 0.2) is 0 Å². The molecule has 1 heterocycles. The van der Waals surface area contributed by atoms with Gasteiger partial charge in [-0.05, 0) is 24.6 Å². The molecule has 5 nitrogen and oxygen atoms in total. The summed E-state index contributed by atoms with van der Waals surface area (Å²) in [5, 5.41) is 5.62. The smallest absolute Gasteiger partial charge is 0.281 e. The van der Waals surface area contributed by atoms with Gasteiger partial charge in [-0.15, -0.1) is 0 Å². The van der Waals surface area contributed by atoms with Gasteiger partial charge in [0.1, 0.15) is 0 Å². The van der Waals surface area contributed by atoms with Crippen LogP contribution in [0.3, 0.4) is 0 Å². The number of allylic oxidation sites excluding steroid dienone is 1. The van der Waals surface area contributed by atoms with Gasteiger partial charge < -0.3 is 0 Å². The molecule has 0 N–H and O–H groups in total. The number of ketones is 2. The lowest BCUT2D eigenvalue weighted by molar-refractivity contribution is -0.115. The summed E-state index contributed by atoms with van der Waals surface area (Å²) in [7, 11) is 0. The van der Waals surface area contributed by atoms with Gasteiger partial charge in [-0.25, -0.2) is 0 Å². The molecule has 1 aliphatic rings. The van der Waals surface area contributed by atoms with Gasteiger partial charge in [0, 0.05) is 11.1 Å². The van der Waals surface area contributed by atoms with Crippen LogP contribution in [0, 0.1) is 0 Å². The number of benzene rings is 3. The summed E-state index contributed by atoms with van der Waals surface area (Å²) in [6, 6.07) is 26.1. The Kier molecular flexibility index (Phi) is 5.18. The van der Waals surface area contributed by atoms with Gasteiger partial charge in [0.2, 0.25) is 11.6 Å². The van der Waals surface area contributed by atoms with Gasteiger partial charge in [0.25, 0.3) is 5.91 Å². The van der Waals surface area contributed by atoms with E-state index in [4.69, 9.17) is 0 Å². The summed E-state index contributed by atoms with van der Waals surface area (Å²) < 4.78 is 0. The number of Topliss-reactive ketones (excluding diaryl/α,β-unsaturated/α-hetero) is 2. The first kappa shape index (κ1) is 19.2. The van der Waals surface area contributed by atoms with Crippen LogP contribution >= 0.6 is 0 Å². The second kappa shape index (κ2) is 8.09. The maximum Gasteiger partial charge on any atom is 0.281 e. The van der Waals surface area contributed by atoms with Crippen molar-refractivity contribution in [3.05, 3.63) is 108 Å². The summed E-state index contributed by atoms with van der Waals surface area (Å²) >= 11 is 0. The Morgan fingerprint density at radius 1 is 0.733 bits per heavy atom. The zero-order valence-electron chi connectivity index (χ0n) is 16.3. The summed E-state index contributed by atoms with van der Waals surface area (Å²) in [6.45, 7) is 1.67. The monoisotopic (exact) mass is 394 g/mol. The van der Waals surface area contributed by atoms with Crippen LogP contribution < -0.4 is 5.01 Å². The molecule has 0 unspecified atom stereocenters. The number of carbonyl (C=O) groups is 3. The molecule has 3 aromatic rings. The highest BCUT2D eigenvalue weighted by atomic mass is 16.2. The number of anilines is 1. The van der Waals surface area contributed by atoms with Crippen molar-refractivity contribution < 1.29 is 14.4 Å². The third-order valence-corrected chi connectivity index (χ3v) is 4.80. The molecule has 1 aliphatic heterocycles. The fourth-order valence-corrected chi connectivity index (χ4v) is 3.37. The van der Waals surface area contributed by atoms with Crippen LogP contribution in [0.25, 0.3) is 5.57 Å². The van der Waals surface area contributed by atoms with Gasteiger partial charge in [-0.2, -0.15) is 10.1 Å². The fraction of sp³-hybridized carbons (Fsp3) is 0.0400. The molecule has 4 rings (SSSR count). The first-order valence-electron chi connectivity index (χ1n) is 9.47. The Labute approximate surface area is 174 Å². The number of carbonyl (C=O) groups excluding carboxylic acids is 3. The van der Waals surface area contributed by atoms with Crippen LogP contribution in [0.4, 0.5) is 5.69 Å². The van der Waals surface area contributed by atoms with E-state index in [1.165, 1.54) is 5.01 Å². The Morgan fingerprint density at radius 3 is 1.80 bits per heavy atom. The van der Waals surface area contributed by atoms with E-state index in [1.807, 2.05) is 12.1 Å². The minimum Gasteiger partial charge on any atom is -0.285 e. The first-order chi connectivity index (χ1) is 14.6. The van der Waals surface area contributed by atoms with Crippen molar-refractivity contribution in [2.45, 2.75) is 6.92 Å². The van der Waals surface area contributed by atoms with Crippen LogP contribution in [-0.2, 0) is 9.59 Å². The van der Waals surface area contributed by atoms with Gasteiger partial charge in [-0.1, -0.05) is 78.9 Å². The molecule has 3 aromatic carbocycles.